The van der Waals surface area contributed by atoms with E-state index in [0.717, 1.165) is 22.2 Å². The van der Waals surface area contributed by atoms with Crippen LogP contribution in [0.2, 0.25) is 0 Å². The summed E-state index contributed by atoms with van der Waals surface area (Å²) in [6.45, 7) is 3.57. The predicted molar refractivity (Wildman–Crippen MR) is 129 cm³/mol. The number of amides is 2. The first-order valence-electron chi connectivity index (χ1n) is 11.9. The van der Waals surface area contributed by atoms with Crippen molar-refractivity contribution in [3.05, 3.63) is 88.9 Å². The number of hydrogen-bond acceptors (Lipinski definition) is 5. The molecule has 4 aromatic rings. The summed E-state index contributed by atoms with van der Waals surface area (Å²) in [5.74, 6) is 0.0363. The van der Waals surface area contributed by atoms with Crippen molar-refractivity contribution in [1.29, 1.82) is 0 Å². The third-order valence-electron chi connectivity index (χ3n) is 6.73. The molecule has 6 rings (SSSR count). The number of carbonyl (C=O) groups is 2. The molecule has 1 saturated heterocycles. The van der Waals surface area contributed by atoms with E-state index in [0.29, 0.717) is 69.4 Å². The molecule has 0 atom stereocenters. The number of ether oxygens (including phenoxy) is 1. The highest BCUT2D eigenvalue weighted by atomic mass is 16.5. The van der Waals surface area contributed by atoms with Gasteiger partial charge in [-0.1, -0.05) is 48.5 Å². The Bertz CT molecular complexity index is 1350. The lowest BCUT2D eigenvalue weighted by atomic mass is 10.0. The summed E-state index contributed by atoms with van der Waals surface area (Å²) >= 11 is 0. The Hall–Kier alpha value is -3.91. The molecule has 8 heteroatoms. The minimum absolute atomic E-state index is 0.102. The van der Waals surface area contributed by atoms with E-state index in [9.17, 15) is 9.59 Å². The number of furan rings is 1. The first kappa shape index (κ1) is 21.6. The minimum Gasteiger partial charge on any atom is -0.451 e. The van der Waals surface area contributed by atoms with Crippen molar-refractivity contribution < 1.29 is 18.7 Å². The lowest BCUT2D eigenvalue weighted by Crippen LogP contribution is -2.42. The van der Waals surface area contributed by atoms with Crippen LogP contribution in [0.1, 0.15) is 37.9 Å². The average molecular weight is 471 g/mol. The van der Waals surface area contributed by atoms with Crippen molar-refractivity contribution in [2.45, 2.75) is 19.5 Å². The fourth-order valence-electron chi connectivity index (χ4n) is 4.88. The summed E-state index contributed by atoms with van der Waals surface area (Å²) in [5.41, 5.74) is 4.07. The maximum Gasteiger partial charge on any atom is 0.289 e. The molecular formula is C27H26N4O4. The molecule has 0 radical (unpaired) electrons. The molecule has 8 nitrogen and oxygen atoms in total. The van der Waals surface area contributed by atoms with Crippen LogP contribution < -0.4 is 0 Å². The number of benzene rings is 2. The van der Waals surface area contributed by atoms with E-state index in [1.165, 1.54) is 0 Å². The zero-order chi connectivity index (χ0) is 23.8. The van der Waals surface area contributed by atoms with Gasteiger partial charge in [0.2, 0.25) is 0 Å². The van der Waals surface area contributed by atoms with Gasteiger partial charge in [0.15, 0.2) is 11.5 Å². The molecule has 2 aliphatic heterocycles. The van der Waals surface area contributed by atoms with Gasteiger partial charge in [-0.05, 0) is 17.7 Å². The molecule has 1 fully saturated rings. The van der Waals surface area contributed by atoms with Crippen molar-refractivity contribution in [2.24, 2.45) is 0 Å². The van der Waals surface area contributed by atoms with E-state index in [1.54, 1.807) is 15.9 Å². The summed E-state index contributed by atoms with van der Waals surface area (Å²) in [6.07, 6.45) is 0.623. The van der Waals surface area contributed by atoms with Gasteiger partial charge < -0.3 is 19.0 Å². The van der Waals surface area contributed by atoms with Gasteiger partial charge in [0.05, 0.1) is 26.3 Å². The number of aromatic nitrogens is 2. The molecule has 0 saturated carbocycles. The maximum absolute atomic E-state index is 13.5. The average Bonchev–Trinajstić information content (AvgIpc) is 3.50. The number of carbonyl (C=O) groups excluding carboxylic acids is 2. The van der Waals surface area contributed by atoms with E-state index in [-0.39, 0.29) is 11.8 Å². The summed E-state index contributed by atoms with van der Waals surface area (Å²) < 4.78 is 13.2. The van der Waals surface area contributed by atoms with Crippen molar-refractivity contribution >= 4 is 22.8 Å². The van der Waals surface area contributed by atoms with Crippen LogP contribution in [0.15, 0.2) is 65.1 Å². The van der Waals surface area contributed by atoms with Gasteiger partial charge in [-0.2, -0.15) is 5.10 Å². The molecule has 35 heavy (non-hydrogen) atoms. The van der Waals surface area contributed by atoms with Gasteiger partial charge in [-0.15, -0.1) is 0 Å². The van der Waals surface area contributed by atoms with Crippen LogP contribution in [-0.2, 0) is 24.2 Å². The van der Waals surface area contributed by atoms with E-state index in [2.05, 4.69) is 12.1 Å². The highest BCUT2D eigenvalue weighted by molar-refractivity contribution is 5.97. The van der Waals surface area contributed by atoms with Crippen molar-refractivity contribution in [2.75, 3.05) is 32.8 Å². The second-order valence-corrected chi connectivity index (χ2v) is 8.95. The van der Waals surface area contributed by atoms with Crippen LogP contribution in [0.25, 0.3) is 11.0 Å². The van der Waals surface area contributed by atoms with Gasteiger partial charge >= 0.3 is 0 Å². The quantitative estimate of drug-likeness (QED) is 0.457. The second kappa shape index (κ2) is 9.03. The maximum atomic E-state index is 13.5. The van der Waals surface area contributed by atoms with Crippen LogP contribution in [0.4, 0.5) is 0 Å². The molecule has 0 bridgehead atoms. The Balaban J connectivity index is 1.33. The van der Waals surface area contributed by atoms with Crippen LogP contribution in [-0.4, -0.2) is 64.2 Å². The largest absolute Gasteiger partial charge is 0.451 e. The Morgan fingerprint density at radius 2 is 1.66 bits per heavy atom. The highest BCUT2D eigenvalue weighted by Gasteiger charge is 2.33. The van der Waals surface area contributed by atoms with Crippen molar-refractivity contribution in [3.8, 4) is 0 Å². The fourth-order valence-corrected chi connectivity index (χ4v) is 4.88. The van der Waals surface area contributed by atoms with Crippen LogP contribution in [0, 0.1) is 0 Å². The molecule has 2 aliphatic rings. The van der Waals surface area contributed by atoms with Gasteiger partial charge in [0.1, 0.15) is 5.58 Å². The second-order valence-electron chi connectivity index (χ2n) is 8.95. The molecule has 0 aliphatic carbocycles. The summed E-state index contributed by atoms with van der Waals surface area (Å²) in [7, 11) is 0. The van der Waals surface area contributed by atoms with Gasteiger partial charge in [0.25, 0.3) is 11.8 Å². The Labute approximate surface area is 202 Å². The van der Waals surface area contributed by atoms with Gasteiger partial charge in [-0.3, -0.25) is 14.3 Å². The van der Waals surface area contributed by atoms with Crippen molar-refractivity contribution in [1.82, 2.24) is 19.6 Å². The molecular weight excluding hydrogens is 444 g/mol. The number of para-hydroxylation sites is 1. The Morgan fingerprint density at radius 3 is 2.46 bits per heavy atom. The van der Waals surface area contributed by atoms with Gasteiger partial charge in [-0.25, -0.2) is 0 Å². The van der Waals surface area contributed by atoms with E-state index >= 15 is 0 Å². The Morgan fingerprint density at radius 1 is 0.886 bits per heavy atom. The molecule has 0 N–H and O–H groups in total. The van der Waals surface area contributed by atoms with E-state index < -0.39 is 0 Å². The molecule has 0 unspecified atom stereocenters. The summed E-state index contributed by atoms with van der Waals surface area (Å²) in [4.78, 5) is 30.4. The van der Waals surface area contributed by atoms with Crippen LogP contribution in [0.3, 0.4) is 0 Å². The van der Waals surface area contributed by atoms with Crippen LogP contribution >= 0.6 is 0 Å². The molecule has 4 heterocycles. The van der Waals surface area contributed by atoms with E-state index in [4.69, 9.17) is 14.3 Å². The lowest BCUT2D eigenvalue weighted by molar-refractivity contribution is 0.0296. The number of nitrogens with zero attached hydrogens (tertiary/aromatic N) is 4. The summed E-state index contributed by atoms with van der Waals surface area (Å²) in [5, 5.41) is 5.68. The van der Waals surface area contributed by atoms with E-state index in [1.807, 2.05) is 47.1 Å². The number of hydrogen-bond donors (Lipinski definition) is 0. The molecule has 2 aromatic heterocycles. The standard InChI is InChI=1S/C27H26N4O4/c32-26(24-16-20-8-4-5-9-23(20)35-24)30-11-10-22-21(18-30)25(27(33)29-12-14-34-15-13-29)28-31(22)17-19-6-2-1-3-7-19/h1-9,16H,10-15,17-18H2. The predicted octanol–water partition coefficient (Wildman–Crippen LogP) is 3.35. The van der Waals surface area contributed by atoms with Gasteiger partial charge in [0, 0.05) is 42.7 Å². The topological polar surface area (TPSA) is 80.8 Å². The third-order valence-corrected chi connectivity index (χ3v) is 6.73. The molecule has 2 aromatic carbocycles. The normalized spacial score (nSPS) is 15.9. The molecule has 2 amide bonds. The molecule has 0 spiro atoms. The number of fused-ring (bicyclic) bond motifs is 2. The van der Waals surface area contributed by atoms with Crippen molar-refractivity contribution in [3.63, 3.8) is 0 Å². The SMILES string of the molecule is O=C(c1cc2ccccc2o1)N1CCc2c(c(C(=O)N3CCOCC3)nn2Cc2ccccc2)C1. The monoisotopic (exact) mass is 470 g/mol. The number of morpholine rings is 1. The lowest BCUT2D eigenvalue weighted by Gasteiger charge is -2.29. The van der Waals surface area contributed by atoms with Crippen LogP contribution in [0.5, 0.6) is 0 Å². The minimum atomic E-state index is -0.174. The fraction of sp³-hybridized carbons (Fsp3) is 0.296. The zero-order valence-corrected chi connectivity index (χ0v) is 19.4. The third kappa shape index (κ3) is 4.10. The zero-order valence-electron chi connectivity index (χ0n) is 19.4. The molecule has 178 valence electrons. The smallest absolute Gasteiger partial charge is 0.289 e. The Kier molecular flexibility index (Phi) is 5.58. The summed E-state index contributed by atoms with van der Waals surface area (Å²) in [6, 6.07) is 19.5. The first-order chi connectivity index (χ1) is 17.2. The highest BCUT2D eigenvalue weighted by Crippen LogP contribution is 2.27. The number of rotatable bonds is 4. The first-order valence-corrected chi connectivity index (χ1v) is 11.9.